The summed E-state index contributed by atoms with van der Waals surface area (Å²) in [5.41, 5.74) is 12.7. The van der Waals surface area contributed by atoms with Crippen LogP contribution in [0.4, 0.5) is 5.82 Å². The van der Waals surface area contributed by atoms with Gasteiger partial charge in [0.25, 0.3) is 0 Å². The van der Waals surface area contributed by atoms with Crippen LogP contribution in [-0.4, -0.2) is 4.98 Å². The standard InChI is InChI=1S/C9H13N3/c10-8(6-3-4-6)7-2-1-5-12-9(7)11/h1-2,5-6,8H,3-4,10H2,(H2,11,12). The molecule has 2 rings (SSSR count). The van der Waals surface area contributed by atoms with Crippen LogP contribution in [0.15, 0.2) is 18.3 Å². The maximum absolute atomic E-state index is 5.98. The van der Waals surface area contributed by atoms with E-state index in [0.29, 0.717) is 11.7 Å². The molecule has 0 spiro atoms. The van der Waals surface area contributed by atoms with E-state index in [9.17, 15) is 0 Å². The summed E-state index contributed by atoms with van der Waals surface area (Å²) < 4.78 is 0. The Morgan fingerprint density at radius 3 is 2.83 bits per heavy atom. The third kappa shape index (κ3) is 1.28. The summed E-state index contributed by atoms with van der Waals surface area (Å²) in [5.74, 6) is 1.22. The van der Waals surface area contributed by atoms with Crippen LogP contribution < -0.4 is 11.5 Å². The molecule has 4 N–H and O–H groups in total. The van der Waals surface area contributed by atoms with E-state index in [-0.39, 0.29) is 6.04 Å². The molecular formula is C9H13N3. The topological polar surface area (TPSA) is 64.9 Å². The summed E-state index contributed by atoms with van der Waals surface area (Å²) >= 11 is 0. The van der Waals surface area contributed by atoms with Crippen LogP contribution in [0.3, 0.4) is 0 Å². The van der Waals surface area contributed by atoms with Crippen molar-refractivity contribution in [3.8, 4) is 0 Å². The van der Waals surface area contributed by atoms with Gasteiger partial charge in [0.15, 0.2) is 0 Å². The molecule has 1 fully saturated rings. The highest BCUT2D eigenvalue weighted by molar-refractivity contribution is 5.41. The highest BCUT2D eigenvalue weighted by Crippen LogP contribution is 2.40. The molecule has 1 aromatic rings. The lowest BCUT2D eigenvalue weighted by Gasteiger charge is -2.11. The monoisotopic (exact) mass is 163 g/mol. The second kappa shape index (κ2) is 2.75. The van der Waals surface area contributed by atoms with Crippen molar-refractivity contribution in [1.29, 1.82) is 0 Å². The third-order valence-corrected chi connectivity index (χ3v) is 2.36. The van der Waals surface area contributed by atoms with Gasteiger partial charge in [-0.15, -0.1) is 0 Å². The van der Waals surface area contributed by atoms with Crippen molar-refractivity contribution in [1.82, 2.24) is 4.98 Å². The number of aromatic nitrogens is 1. The Kier molecular flexibility index (Phi) is 1.73. The molecule has 1 heterocycles. The molecule has 0 aromatic carbocycles. The summed E-state index contributed by atoms with van der Waals surface area (Å²) in [6, 6.07) is 3.94. The first-order valence-corrected chi connectivity index (χ1v) is 4.25. The minimum absolute atomic E-state index is 0.0960. The first-order chi connectivity index (χ1) is 5.79. The lowest BCUT2D eigenvalue weighted by atomic mass is 10.0. The van der Waals surface area contributed by atoms with Gasteiger partial charge in [-0.05, 0) is 24.8 Å². The number of rotatable bonds is 2. The molecule has 3 heteroatoms. The third-order valence-electron chi connectivity index (χ3n) is 2.36. The summed E-state index contributed by atoms with van der Waals surface area (Å²) in [6.07, 6.45) is 4.16. The molecule has 0 saturated heterocycles. The summed E-state index contributed by atoms with van der Waals surface area (Å²) in [4.78, 5) is 4.01. The number of anilines is 1. The van der Waals surface area contributed by atoms with Crippen LogP contribution in [0, 0.1) is 5.92 Å². The molecule has 0 bridgehead atoms. The van der Waals surface area contributed by atoms with Gasteiger partial charge < -0.3 is 11.5 Å². The Balaban J connectivity index is 2.25. The van der Waals surface area contributed by atoms with Gasteiger partial charge >= 0.3 is 0 Å². The van der Waals surface area contributed by atoms with Crippen LogP contribution in [0.5, 0.6) is 0 Å². The fourth-order valence-corrected chi connectivity index (χ4v) is 1.42. The lowest BCUT2D eigenvalue weighted by Crippen LogP contribution is -2.14. The van der Waals surface area contributed by atoms with Crippen molar-refractivity contribution in [2.24, 2.45) is 11.7 Å². The van der Waals surface area contributed by atoms with E-state index < -0.39 is 0 Å². The van der Waals surface area contributed by atoms with Crippen molar-refractivity contribution in [3.63, 3.8) is 0 Å². The average molecular weight is 163 g/mol. The predicted molar refractivity (Wildman–Crippen MR) is 48.3 cm³/mol. The average Bonchev–Trinajstić information content (AvgIpc) is 2.86. The number of nitrogens with zero attached hydrogens (tertiary/aromatic N) is 1. The maximum Gasteiger partial charge on any atom is 0.128 e. The van der Waals surface area contributed by atoms with E-state index >= 15 is 0 Å². The SMILES string of the molecule is Nc1ncccc1C(N)C1CC1. The first-order valence-electron chi connectivity index (χ1n) is 4.25. The van der Waals surface area contributed by atoms with Crippen LogP contribution in [0.25, 0.3) is 0 Å². The number of hydrogen-bond donors (Lipinski definition) is 2. The van der Waals surface area contributed by atoms with E-state index in [1.807, 2.05) is 12.1 Å². The highest BCUT2D eigenvalue weighted by Gasteiger charge is 2.30. The molecule has 3 nitrogen and oxygen atoms in total. The Morgan fingerprint density at radius 2 is 2.25 bits per heavy atom. The number of nitrogen functional groups attached to an aromatic ring is 1. The molecule has 1 atom stereocenters. The van der Waals surface area contributed by atoms with Crippen LogP contribution >= 0.6 is 0 Å². The van der Waals surface area contributed by atoms with Crippen molar-refractivity contribution in [2.45, 2.75) is 18.9 Å². The molecule has 0 amide bonds. The van der Waals surface area contributed by atoms with Gasteiger partial charge in [0.2, 0.25) is 0 Å². The second-order valence-electron chi connectivity index (χ2n) is 3.34. The summed E-state index contributed by atoms with van der Waals surface area (Å²) in [7, 11) is 0. The van der Waals surface area contributed by atoms with Gasteiger partial charge in [-0.1, -0.05) is 6.07 Å². The van der Waals surface area contributed by atoms with Crippen molar-refractivity contribution >= 4 is 5.82 Å². The molecule has 1 aliphatic rings. The highest BCUT2D eigenvalue weighted by atomic mass is 14.8. The fraction of sp³-hybridized carbons (Fsp3) is 0.444. The molecule has 1 unspecified atom stereocenters. The maximum atomic E-state index is 5.98. The zero-order valence-electron chi connectivity index (χ0n) is 6.90. The fourth-order valence-electron chi connectivity index (χ4n) is 1.42. The molecule has 0 radical (unpaired) electrons. The number of pyridine rings is 1. The largest absolute Gasteiger partial charge is 0.383 e. The molecule has 64 valence electrons. The Bertz CT molecular complexity index is 281. The molecule has 1 aromatic heterocycles. The molecule has 1 saturated carbocycles. The molecule has 0 aliphatic heterocycles. The summed E-state index contributed by atoms with van der Waals surface area (Å²) in [5, 5.41) is 0. The van der Waals surface area contributed by atoms with Crippen LogP contribution in [-0.2, 0) is 0 Å². The minimum atomic E-state index is 0.0960. The van der Waals surface area contributed by atoms with Crippen LogP contribution in [0.2, 0.25) is 0 Å². The zero-order valence-corrected chi connectivity index (χ0v) is 6.90. The van der Waals surface area contributed by atoms with E-state index in [1.54, 1.807) is 6.20 Å². The van der Waals surface area contributed by atoms with Gasteiger partial charge in [-0.2, -0.15) is 0 Å². The normalized spacial score (nSPS) is 19.1. The number of nitrogens with two attached hydrogens (primary N) is 2. The Hall–Kier alpha value is -1.09. The molecule has 1 aliphatic carbocycles. The van der Waals surface area contributed by atoms with E-state index in [1.165, 1.54) is 12.8 Å². The Labute approximate surface area is 71.8 Å². The quantitative estimate of drug-likeness (QED) is 0.685. The number of hydrogen-bond acceptors (Lipinski definition) is 3. The van der Waals surface area contributed by atoms with Gasteiger partial charge in [0.05, 0.1) is 0 Å². The Morgan fingerprint density at radius 1 is 1.50 bits per heavy atom. The van der Waals surface area contributed by atoms with E-state index in [4.69, 9.17) is 11.5 Å². The second-order valence-corrected chi connectivity index (χ2v) is 3.34. The van der Waals surface area contributed by atoms with Crippen molar-refractivity contribution in [3.05, 3.63) is 23.9 Å². The predicted octanol–water partition coefficient (Wildman–Crippen LogP) is 1.07. The smallest absolute Gasteiger partial charge is 0.128 e. The van der Waals surface area contributed by atoms with E-state index in [0.717, 1.165) is 5.56 Å². The minimum Gasteiger partial charge on any atom is -0.383 e. The van der Waals surface area contributed by atoms with Gasteiger partial charge in [0.1, 0.15) is 5.82 Å². The van der Waals surface area contributed by atoms with Gasteiger partial charge in [-0.3, -0.25) is 0 Å². The van der Waals surface area contributed by atoms with Crippen molar-refractivity contribution in [2.75, 3.05) is 5.73 Å². The van der Waals surface area contributed by atoms with E-state index in [2.05, 4.69) is 4.98 Å². The first kappa shape index (κ1) is 7.55. The molecule has 12 heavy (non-hydrogen) atoms. The van der Waals surface area contributed by atoms with Crippen molar-refractivity contribution < 1.29 is 0 Å². The lowest BCUT2D eigenvalue weighted by molar-refractivity contribution is 0.633. The zero-order chi connectivity index (χ0) is 8.55. The van der Waals surface area contributed by atoms with Crippen LogP contribution in [0.1, 0.15) is 24.4 Å². The molecular weight excluding hydrogens is 150 g/mol. The summed E-state index contributed by atoms with van der Waals surface area (Å²) in [6.45, 7) is 0. The van der Waals surface area contributed by atoms with Gasteiger partial charge in [0, 0.05) is 17.8 Å². The van der Waals surface area contributed by atoms with Gasteiger partial charge in [-0.25, -0.2) is 4.98 Å².